The fourth-order valence-electron chi connectivity index (χ4n) is 4.93. The first kappa shape index (κ1) is 33.0. The third-order valence-corrected chi connectivity index (χ3v) is 8.72. The summed E-state index contributed by atoms with van der Waals surface area (Å²) in [5, 5.41) is 2.69. The molecule has 5 rings (SSSR count). The van der Waals surface area contributed by atoms with E-state index in [9.17, 15) is 22.8 Å². The minimum absolute atomic E-state index is 0.0255. The highest BCUT2D eigenvalue weighted by molar-refractivity contribution is 7.87. The number of nitrogens with zero attached hydrogens (tertiary/aromatic N) is 2. The Morgan fingerprint density at radius 3 is 1.72 bits per heavy atom. The number of carbonyl (C=O) groups is 3. The number of hydrogen-bond acceptors (Lipinski definition) is 8. The Balaban J connectivity index is 1.21. The van der Waals surface area contributed by atoms with Gasteiger partial charge in [-0.05, 0) is 41.0 Å². The van der Waals surface area contributed by atoms with Gasteiger partial charge in [0.25, 0.3) is 0 Å². The van der Waals surface area contributed by atoms with Gasteiger partial charge < -0.3 is 28.8 Å². The van der Waals surface area contributed by atoms with Gasteiger partial charge in [0.1, 0.15) is 29.9 Å². The van der Waals surface area contributed by atoms with Gasteiger partial charge in [-0.1, -0.05) is 91.0 Å². The van der Waals surface area contributed by atoms with E-state index in [1.165, 1.54) is 24.3 Å². The highest BCUT2D eigenvalue weighted by Gasteiger charge is 2.31. The van der Waals surface area contributed by atoms with Crippen molar-refractivity contribution in [2.24, 2.45) is 0 Å². The summed E-state index contributed by atoms with van der Waals surface area (Å²) >= 11 is 0. The van der Waals surface area contributed by atoms with E-state index in [-0.39, 0.29) is 62.4 Å². The number of ether oxygens (including phenoxy) is 2. The van der Waals surface area contributed by atoms with E-state index in [1.54, 1.807) is 40.1 Å². The molecule has 4 aromatic carbocycles. The minimum Gasteiger partial charge on any atom is -0.445 e. The molecule has 0 radical (unpaired) electrons. The molecule has 0 unspecified atom stereocenters. The van der Waals surface area contributed by atoms with Crippen molar-refractivity contribution in [1.82, 2.24) is 15.1 Å². The molecule has 0 bridgehead atoms. The number of benzene rings is 4. The zero-order valence-electron chi connectivity index (χ0n) is 25.6. The van der Waals surface area contributed by atoms with E-state index in [0.717, 1.165) is 11.1 Å². The summed E-state index contributed by atoms with van der Waals surface area (Å²) in [6, 6.07) is 31.6. The number of hydrogen-bond donors (Lipinski definition) is 1. The van der Waals surface area contributed by atoms with Crippen molar-refractivity contribution in [2.75, 3.05) is 26.2 Å². The van der Waals surface area contributed by atoms with Crippen LogP contribution >= 0.6 is 0 Å². The molecule has 12 heteroatoms. The van der Waals surface area contributed by atoms with Crippen molar-refractivity contribution in [3.63, 3.8) is 0 Å². The second-order valence-corrected chi connectivity index (χ2v) is 12.4. The molecule has 4 aromatic rings. The third-order valence-electron chi connectivity index (χ3n) is 7.46. The Morgan fingerprint density at radius 1 is 0.638 bits per heavy atom. The van der Waals surface area contributed by atoms with Crippen molar-refractivity contribution < 1.29 is 36.5 Å². The molecule has 1 atom stereocenters. The van der Waals surface area contributed by atoms with E-state index in [1.807, 2.05) is 60.7 Å². The molecule has 0 spiro atoms. The van der Waals surface area contributed by atoms with Crippen LogP contribution in [-0.4, -0.2) is 68.5 Å². The van der Waals surface area contributed by atoms with Gasteiger partial charge in [-0.3, -0.25) is 4.79 Å². The van der Waals surface area contributed by atoms with Crippen LogP contribution in [-0.2, 0) is 44.0 Å². The van der Waals surface area contributed by atoms with Gasteiger partial charge in [0.15, 0.2) is 0 Å². The molecule has 47 heavy (non-hydrogen) atoms. The van der Waals surface area contributed by atoms with Crippen LogP contribution in [0.25, 0.3) is 0 Å². The zero-order chi connectivity index (χ0) is 33.1. The fraction of sp³-hybridized carbons (Fsp3) is 0.229. The predicted molar refractivity (Wildman–Crippen MR) is 173 cm³/mol. The lowest BCUT2D eigenvalue weighted by atomic mass is 10.0. The van der Waals surface area contributed by atoms with Crippen LogP contribution < -0.4 is 9.50 Å². The van der Waals surface area contributed by atoms with Gasteiger partial charge in [0.2, 0.25) is 5.91 Å². The number of piperazine rings is 1. The zero-order valence-corrected chi connectivity index (χ0v) is 26.4. The van der Waals surface area contributed by atoms with Crippen LogP contribution in [0.3, 0.4) is 0 Å². The molecule has 1 fully saturated rings. The van der Waals surface area contributed by atoms with Crippen molar-refractivity contribution in [3.8, 4) is 5.75 Å². The summed E-state index contributed by atoms with van der Waals surface area (Å²) in [6.07, 6.45) is -1.12. The lowest BCUT2D eigenvalue weighted by Crippen LogP contribution is -2.56. The molecule has 244 valence electrons. The predicted octanol–water partition coefficient (Wildman–Crippen LogP) is 4.77. The molecule has 1 saturated heterocycles. The standard InChI is InChI=1S/C35H35N3O8S/c39-33(37-20-22-38(23-21-37)35(41)45-26-29-12-6-2-7-13-29)32(36-34(40)44-25-28-10-4-1-5-11-28)24-27-16-18-30(19-17-27)46-47(42,43)31-14-8-3-9-15-31/h1-19,32H,20-26H2,(H,36,40)/t32-/m0/s1. The number of alkyl carbamates (subject to hydrolysis) is 1. The number of nitrogens with one attached hydrogen (secondary N) is 1. The van der Waals surface area contributed by atoms with Crippen LogP contribution in [0.5, 0.6) is 5.75 Å². The number of amides is 3. The van der Waals surface area contributed by atoms with Crippen LogP contribution in [0.2, 0.25) is 0 Å². The molecular weight excluding hydrogens is 622 g/mol. The molecule has 1 aliphatic rings. The topological polar surface area (TPSA) is 132 Å². The van der Waals surface area contributed by atoms with Crippen LogP contribution in [0.4, 0.5) is 9.59 Å². The second-order valence-electron chi connectivity index (χ2n) is 10.8. The quantitative estimate of drug-likeness (QED) is 0.228. The first-order chi connectivity index (χ1) is 22.8. The summed E-state index contributed by atoms with van der Waals surface area (Å²) in [5.74, 6) is -0.239. The Kier molecular flexibility index (Phi) is 11.1. The smallest absolute Gasteiger partial charge is 0.410 e. The molecule has 0 aromatic heterocycles. The van der Waals surface area contributed by atoms with Gasteiger partial charge in [-0.15, -0.1) is 0 Å². The SMILES string of the molecule is O=C(N[C@@H](Cc1ccc(OS(=O)(=O)c2ccccc2)cc1)C(=O)N1CCN(C(=O)OCc2ccccc2)CC1)OCc1ccccc1. The van der Waals surface area contributed by atoms with Gasteiger partial charge >= 0.3 is 22.3 Å². The highest BCUT2D eigenvalue weighted by atomic mass is 32.2. The molecule has 0 aliphatic carbocycles. The fourth-order valence-corrected chi connectivity index (χ4v) is 5.88. The maximum absolute atomic E-state index is 13.7. The average Bonchev–Trinajstić information content (AvgIpc) is 3.11. The van der Waals surface area contributed by atoms with E-state index in [2.05, 4.69) is 5.32 Å². The Hall–Kier alpha value is -5.36. The molecule has 0 saturated carbocycles. The maximum atomic E-state index is 13.7. The normalized spacial score (nSPS) is 13.7. The highest BCUT2D eigenvalue weighted by Crippen LogP contribution is 2.20. The molecule has 1 aliphatic heterocycles. The van der Waals surface area contributed by atoms with Crippen LogP contribution in [0.1, 0.15) is 16.7 Å². The van der Waals surface area contributed by atoms with Crippen LogP contribution in [0.15, 0.2) is 120 Å². The Bertz CT molecular complexity index is 1730. The summed E-state index contributed by atoms with van der Waals surface area (Å²) in [4.78, 5) is 42.3. The Morgan fingerprint density at radius 2 is 1.15 bits per heavy atom. The lowest BCUT2D eigenvalue weighted by molar-refractivity contribution is -0.135. The first-order valence-electron chi connectivity index (χ1n) is 15.1. The molecule has 3 amide bonds. The number of carbonyl (C=O) groups excluding carboxylic acids is 3. The van der Waals surface area contributed by atoms with Crippen molar-refractivity contribution in [3.05, 3.63) is 132 Å². The monoisotopic (exact) mass is 657 g/mol. The summed E-state index contributed by atoms with van der Waals surface area (Å²) < 4.78 is 41.3. The molecule has 1 heterocycles. The van der Waals surface area contributed by atoms with Gasteiger partial charge in [0.05, 0.1) is 0 Å². The molecular formula is C35H35N3O8S. The number of rotatable bonds is 11. The minimum atomic E-state index is -4.02. The summed E-state index contributed by atoms with van der Waals surface area (Å²) in [6.45, 7) is 1.22. The van der Waals surface area contributed by atoms with Gasteiger partial charge in [0, 0.05) is 32.6 Å². The van der Waals surface area contributed by atoms with E-state index in [4.69, 9.17) is 13.7 Å². The van der Waals surface area contributed by atoms with Gasteiger partial charge in [-0.25, -0.2) is 9.59 Å². The average molecular weight is 658 g/mol. The van der Waals surface area contributed by atoms with Crippen LogP contribution in [0, 0.1) is 0 Å². The summed E-state index contributed by atoms with van der Waals surface area (Å²) in [7, 11) is -4.02. The van der Waals surface area contributed by atoms with Crippen molar-refractivity contribution in [1.29, 1.82) is 0 Å². The third kappa shape index (κ3) is 9.57. The van der Waals surface area contributed by atoms with E-state index in [0.29, 0.717) is 5.56 Å². The van der Waals surface area contributed by atoms with Gasteiger partial charge in [-0.2, -0.15) is 8.42 Å². The maximum Gasteiger partial charge on any atom is 0.410 e. The van der Waals surface area contributed by atoms with Crippen molar-refractivity contribution >= 4 is 28.2 Å². The van der Waals surface area contributed by atoms with Crippen molar-refractivity contribution in [2.45, 2.75) is 30.6 Å². The van der Waals surface area contributed by atoms with E-state index < -0.39 is 28.3 Å². The largest absolute Gasteiger partial charge is 0.445 e. The molecule has 1 N–H and O–H groups in total. The first-order valence-corrected chi connectivity index (χ1v) is 16.5. The lowest BCUT2D eigenvalue weighted by Gasteiger charge is -2.36. The Labute approximate surface area is 273 Å². The molecule has 11 nitrogen and oxygen atoms in total. The summed E-state index contributed by atoms with van der Waals surface area (Å²) in [5.41, 5.74) is 2.32. The second kappa shape index (κ2) is 15.8. The van der Waals surface area contributed by atoms with E-state index >= 15 is 0 Å².